The maximum atomic E-state index is 9.56. The predicted molar refractivity (Wildman–Crippen MR) is 63.0 cm³/mol. The molecule has 1 aliphatic carbocycles. The Morgan fingerprint density at radius 2 is 2.07 bits per heavy atom. The zero-order valence-electron chi connectivity index (χ0n) is 8.21. The molecule has 0 aromatic heterocycles. The van der Waals surface area contributed by atoms with E-state index in [0.717, 1.165) is 0 Å². The van der Waals surface area contributed by atoms with Crippen molar-refractivity contribution in [2.75, 3.05) is 0 Å². The monoisotopic (exact) mass is 329 g/mol. The minimum absolute atomic E-state index is 0.382. The molecule has 0 aliphatic heterocycles. The van der Waals surface area contributed by atoms with Gasteiger partial charge in [-0.05, 0) is 12.8 Å². The second-order valence-corrected chi connectivity index (χ2v) is 4.18. The fourth-order valence-corrected chi connectivity index (χ4v) is 1.62. The van der Waals surface area contributed by atoms with Crippen molar-refractivity contribution in [2.24, 2.45) is 0 Å². The van der Waals surface area contributed by atoms with E-state index in [1.165, 1.54) is 0 Å². The first-order valence-electron chi connectivity index (χ1n) is 4.86. The highest BCUT2D eigenvalue weighted by Crippen LogP contribution is 2.16. The summed E-state index contributed by atoms with van der Waals surface area (Å²) in [6, 6.07) is 0. The molecule has 0 heterocycles. The molecule has 5 nitrogen and oxygen atoms in total. The van der Waals surface area contributed by atoms with Crippen molar-refractivity contribution in [3.63, 3.8) is 0 Å². The average Bonchev–Trinajstić information content (AvgIpc) is 2.20. The fourth-order valence-electron chi connectivity index (χ4n) is 1.47. The number of hydrogen-bond donors (Lipinski definition) is 4. The maximum absolute atomic E-state index is 9.56. The summed E-state index contributed by atoms with van der Waals surface area (Å²) in [5, 5.41) is 28.2. The van der Waals surface area contributed by atoms with E-state index in [1.54, 1.807) is 35.0 Å². The van der Waals surface area contributed by atoms with Crippen LogP contribution in [0.15, 0.2) is 12.2 Å². The second kappa shape index (κ2) is 6.77. The maximum Gasteiger partial charge on any atom is 0.222 e. The lowest BCUT2D eigenvalue weighted by atomic mass is 10.00. The Balaban J connectivity index is 2.52. The first-order valence-corrected chi connectivity index (χ1v) is 5.94. The Labute approximate surface area is 103 Å². The number of aliphatic hydroxyl groups is 3. The molecule has 15 heavy (non-hydrogen) atoms. The van der Waals surface area contributed by atoms with Gasteiger partial charge in [-0.25, -0.2) is 3.53 Å². The number of hydrogen-bond acceptors (Lipinski definition) is 5. The van der Waals surface area contributed by atoms with Crippen LogP contribution >= 0.6 is 22.9 Å². The van der Waals surface area contributed by atoms with Crippen molar-refractivity contribution < 1.29 is 20.1 Å². The molecule has 88 valence electrons. The molecule has 1 aliphatic rings. The van der Waals surface area contributed by atoms with Gasteiger partial charge < -0.3 is 20.1 Å². The second-order valence-electron chi connectivity index (χ2n) is 3.56. The van der Waals surface area contributed by atoms with Crippen molar-refractivity contribution in [3.05, 3.63) is 12.2 Å². The van der Waals surface area contributed by atoms with Crippen LogP contribution in [0.4, 0.5) is 0 Å². The molecule has 0 bridgehead atoms. The molecule has 0 aromatic carbocycles. The van der Waals surface area contributed by atoms with E-state index in [4.69, 9.17) is 4.74 Å². The van der Waals surface area contributed by atoms with Gasteiger partial charge in [0.25, 0.3) is 0 Å². The smallest absolute Gasteiger partial charge is 0.222 e. The number of nitrogens with one attached hydrogen (secondary N) is 1. The molecule has 0 amide bonds. The number of rotatable bonds is 3. The van der Waals surface area contributed by atoms with Crippen LogP contribution in [0.5, 0.6) is 0 Å². The molecule has 0 spiro atoms. The SMILES string of the molecule is OC1/C=C/C(OC(O)NI)CC(O)CC1. The molecular weight excluding hydrogens is 313 g/mol. The summed E-state index contributed by atoms with van der Waals surface area (Å²) in [4.78, 5) is 0. The van der Waals surface area contributed by atoms with Crippen LogP contribution in [0.25, 0.3) is 0 Å². The topological polar surface area (TPSA) is 82.0 Å². The molecular formula is C9H16INO4. The van der Waals surface area contributed by atoms with E-state index in [9.17, 15) is 15.3 Å². The van der Waals surface area contributed by atoms with Crippen LogP contribution in [-0.2, 0) is 4.74 Å². The molecule has 4 N–H and O–H groups in total. The number of aliphatic hydroxyl groups excluding tert-OH is 3. The van der Waals surface area contributed by atoms with Crippen LogP contribution in [-0.4, -0.2) is 40.0 Å². The first-order chi connectivity index (χ1) is 7.11. The van der Waals surface area contributed by atoms with Crippen LogP contribution < -0.4 is 3.53 Å². The number of ether oxygens (including phenoxy) is 1. The van der Waals surface area contributed by atoms with Gasteiger partial charge in [-0.2, -0.15) is 0 Å². The van der Waals surface area contributed by atoms with Gasteiger partial charge in [0.1, 0.15) is 0 Å². The van der Waals surface area contributed by atoms with E-state index in [0.29, 0.717) is 19.3 Å². The quantitative estimate of drug-likeness (QED) is 0.255. The van der Waals surface area contributed by atoms with E-state index in [1.807, 2.05) is 0 Å². The highest BCUT2D eigenvalue weighted by molar-refractivity contribution is 14.1. The van der Waals surface area contributed by atoms with Gasteiger partial charge in [-0.3, -0.25) is 0 Å². The fraction of sp³-hybridized carbons (Fsp3) is 0.778. The number of halogens is 1. The zero-order chi connectivity index (χ0) is 11.3. The minimum atomic E-state index is -1.07. The van der Waals surface area contributed by atoms with Crippen molar-refractivity contribution >= 4 is 22.9 Å². The summed E-state index contributed by atoms with van der Waals surface area (Å²) in [7, 11) is 0. The Morgan fingerprint density at radius 3 is 2.73 bits per heavy atom. The third-order valence-corrected chi connectivity index (χ3v) is 2.78. The van der Waals surface area contributed by atoms with Gasteiger partial charge in [-0.1, -0.05) is 12.2 Å². The molecule has 0 saturated heterocycles. The predicted octanol–water partition coefficient (Wildman–Crippen LogP) is 0.0490. The molecule has 0 saturated carbocycles. The largest absolute Gasteiger partial charge is 0.393 e. The van der Waals surface area contributed by atoms with E-state index < -0.39 is 18.6 Å². The highest BCUT2D eigenvalue weighted by atomic mass is 127. The molecule has 1 rings (SSSR count). The van der Waals surface area contributed by atoms with Crippen molar-refractivity contribution in [1.29, 1.82) is 0 Å². The van der Waals surface area contributed by atoms with Gasteiger partial charge in [0.15, 0.2) is 0 Å². The Kier molecular flexibility index (Phi) is 6.02. The highest BCUT2D eigenvalue weighted by Gasteiger charge is 2.19. The van der Waals surface area contributed by atoms with Gasteiger partial charge in [0.05, 0.1) is 18.3 Å². The van der Waals surface area contributed by atoms with Crippen LogP contribution in [0.1, 0.15) is 19.3 Å². The van der Waals surface area contributed by atoms with E-state index in [-0.39, 0.29) is 6.10 Å². The third kappa shape index (κ3) is 5.23. The normalized spacial score (nSPS) is 36.7. The van der Waals surface area contributed by atoms with Crippen molar-refractivity contribution in [2.45, 2.75) is 44.0 Å². The van der Waals surface area contributed by atoms with Gasteiger partial charge in [0.2, 0.25) is 6.41 Å². The third-order valence-electron chi connectivity index (χ3n) is 2.24. The molecule has 4 atom stereocenters. The average molecular weight is 329 g/mol. The summed E-state index contributed by atoms with van der Waals surface area (Å²) in [6.07, 6.45) is 2.33. The molecule has 4 unspecified atom stereocenters. The van der Waals surface area contributed by atoms with Crippen LogP contribution in [0.3, 0.4) is 0 Å². The summed E-state index contributed by atoms with van der Waals surface area (Å²) < 4.78 is 7.67. The summed E-state index contributed by atoms with van der Waals surface area (Å²) in [6.45, 7) is 0. The van der Waals surface area contributed by atoms with Crippen molar-refractivity contribution in [1.82, 2.24) is 3.53 Å². The van der Waals surface area contributed by atoms with Gasteiger partial charge in [0, 0.05) is 29.3 Å². The molecule has 0 aromatic rings. The standard InChI is InChI=1S/C9H16INO4/c10-11-9(14)15-8-4-3-6(12)1-2-7(13)5-8/h3-4,6-9,11-14H,1-2,5H2/b4-3+. The summed E-state index contributed by atoms with van der Waals surface area (Å²) in [5.41, 5.74) is 0. The zero-order valence-corrected chi connectivity index (χ0v) is 10.4. The Bertz CT molecular complexity index is 214. The first kappa shape index (κ1) is 13.3. The summed E-state index contributed by atoms with van der Waals surface area (Å²) >= 11 is 1.78. The molecule has 6 heteroatoms. The lowest BCUT2D eigenvalue weighted by Crippen LogP contribution is -2.31. The Hall–Kier alpha value is 0.270. The lowest BCUT2D eigenvalue weighted by molar-refractivity contribution is -0.132. The summed E-state index contributed by atoms with van der Waals surface area (Å²) in [5.74, 6) is 0. The van der Waals surface area contributed by atoms with Gasteiger partial charge >= 0.3 is 0 Å². The van der Waals surface area contributed by atoms with E-state index >= 15 is 0 Å². The van der Waals surface area contributed by atoms with Crippen LogP contribution in [0, 0.1) is 0 Å². The van der Waals surface area contributed by atoms with E-state index in [2.05, 4.69) is 3.53 Å². The Morgan fingerprint density at radius 1 is 1.33 bits per heavy atom. The molecule has 0 radical (unpaired) electrons. The van der Waals surface area contributed by atoms with Gasteiger partial charge in [-0.15, -0.1) is 0 Å². The van der Waals surface area contributed by atoms with Crippen LogP contribution in [0.2, 0.25) is 0 Å². The van der Waals surface area contributed by atoms with Crippen molar-refractivity contribution in [3.8, 4) is 0 Å². The minimum Gasteiger partial charge on any atom is -0.393 e. The lowest BCUT2D eigenvalue weighted by Gasteiger charge is -2.23. The molecule has 0 fully saturated rings.